The second-order valence-electron chi connectivity index (χ2n) is 6.78. The zero-order valence-corrected chi connectivity index (χ0v) is 15.0. The molecule has 0 spiro atoms. The molecule has 0 aliphatic carbocycles. The van der Waals surface area contributed by atoms with Crippen LogP contribution in [-0.2, 0) is 4.74 Å². The van der Waals surface area contributed by atoms with Crippen LogP contribution in [-0.4, -0.2) is 41.6 Å². The van der Waals surface area contributed by atoms with Gasteiger partial charge < -0.3 is 20.7 Å². The molecule has 6 nitrogen and oxygen atoms in total. The predicted molar refractivity (Wildman–Crippen MR) is 95.0 cm³/mol. The fourth-order valence-electron chi connectivity index (χ4n) is 2.49. The summed E-state index contributed by atoms with van der Waals surface area (Å²) in [5, 5.41) is 2.93. The van der Waals surface area contributed by atoms with Gasteiger partial charge >= 0.3 is 6.09 Å². The Labute approximate surface area is 146 Å². The van der Waals surface area contributed by atoms with E-state index in [1.807, 2.05) is 20.8 Å². The Hall–Kier alpha value is -2.20. The highest BCUT2D eigenvalue weighted by molar-refractivity contribution is 7.15. The second kappa shape index (κ2) is 7.14. The Morgan fingerprint density at radius 1 is 1.50 bits per heavy atom. The summed E-state index contributed by atoms with van der Waals surface area (Å²) in [4.78, 5) is 27.2. The topological polar surface area (TPSA) is 84.7 Å². The number of nitrogens with zero attached hydrogens (tertiary/aromatic N) is 1. The summed E-state index contributed by atoms with van der Waals surface area (Å²) < 4.78 is 5.39. The second-order valence-corrected chi connectivity index (χ2v) is 7.83. The highest BCUT2D eigenvalue weighted by Crippen LogP contribution is 2.24. The number of anilines is 1. The first-order chi connectivity index (χ1) is 11.2. The van der Waals surface area contributed by atoms with Crippen molar-refractivity contribution in [3.8, 4) is 12.3 Å². The van der Waals surface area contributed by atoms with Crippen LogP contribution < -0.4 is 11.1 Å². The van der Waals surface area contributed by atoms with E-state index in [0.29, 0.717) is 28.5 Å². The molecule has 1 aromatic heterocycles. The molecular weight excluding hydrogens is 326 g/mol. The highest BCUT2D eigenvalue weighted by Gasteiger charge is 2.29. The highest BCUT2D eigenvalue weighted by atomic mass is 32.1. The number of hydrogen-bond acceptors (Lipinski definition) is 5. The first-order valence-electron chi connectivity index (χ1n) is 7.84. The Morgan fingerprint density at radius 2 is 2.21 bits per heavy atom. The van der Waals surface area contributed by atoms with Gasteiger partial charge in [-0.1, -0.05) is 5.92 Å². The number of ether oxygens (including phenoxy) is 1. The van der Waals surface area contributed by atoms with Gasteiger partial charge in [0.1, 0.15) is 10.5 Å². The lowest BCUT2D eigenvalue weighted by Gasteiger charge is -2.34. The van der Waals surface area contributed by atoms with E-state index >= 15 is 0 Å². The molecule has 7 heteroatoms. The van der Waals surface area contributed by atoms with E-state index in [1.54, 1.807) is 11.0 Å². The largest absolute Gasteiger partial charge is 0.444 e. The maximum atomic E-state index is 12.4. The fourth-order valence-corrected chi connectivity index (χ4v) is 3.29. The number of nitrogens with two attached hydrogens (primary N) is 1. The average molecular weight is 349 g/mol. The number of terminal acetylenes is 1. The number of piperidine rings is 1. The van der Waals surface area contributed by atoms with Gasteiger partial charge in [-0.25, -0.2) is 4.79 Å². The molecular formula is C17H23N3O3S. The number of hydrogen-bond donors (Lipinski definition) is 2. The SMILES string of the molecule is C#Cc1cc(N)c(C(=O)N[C@H]2CCCN(C(=O)OC(C)(C)C)C2)s1. The number of nitrogens with one attached hydrogen (secondary N) is 1. The van der Waals surface area contributed by atoms with Crippen LogP contribution in [0.2, 0.25) is 0 Å². The first kappa shape index (κ1) is 18.1. The molecule has 0 radical (unpaired) electrons. The van der Waals surface area contributed by atoms with Crippen LogP contribution in [0.1, 0.15) is 48.2 Å². The molecule has 1 atom stereocenters. The van der Waals surface area contributed by atoms with Crippen LogP contribution in [0.15, 0.2) is 6.07 Å². The van der Waals surface area contributed by atoms with Crippen LogP contribution in [0.4, 0.5) is 10.5 Å². The summed E-state index contributed by atoms with van der Waals surface area (Å²) in [6.07, 6.45) is 6.59. The third kappa shape index (κ3) is 4.65. The molecule has 1 saturated heterocycles. The van der Waals surface area contributed by atoms with E-state index < -0.39 is 5.60 Å². The number of nitrogen functional groups attached to an aromatic ring is 1. The summed E-state index contributed by atoms with van der Waals surface area (Å²) in [6, 6.07) is 1.49. The number of rotatable bonds is 2. The van der Waals surface area contributed by atoms with Crippen LogP contribution >= 0.6 is 11.3 Å². The number of carbonyl (C=O) groups excluding carboxylic acids is 2. The number of amides is 2. The maximum absolute atomic E-state index is 12.4. The molecule has 2 amide bonds. The number of carbonyl (C=O) groups is 2. The summed E-state index contributed by atoms with van der Waals surface area (Å²) in [6.45, 7) is 6.54. The quantitative estimate of drug-likeness (QED) is 0.803. The van der Waals surface area contributed by atoms with Crippen LogP contribution in [0.5, 0.6) is 0 Å². The molecule has 0 bridgehead atoms. The van der Waals surface area contributed by atoms with Gasteiger partial charge in [0.15, 0.2) is 0 Å². The summed E-state index contributed by atoms with van der Waals surface area (Å²) in [5.74, 6) is 2.22. The summed E-state index contributed by atoms with van der Waals surface area (Å²) >= 11 is 1.19. The third-order valence-corrected chi connectivity index (χ3v) is 4.60. The minimum absolute atomic E-state index is 0.130. The third-order valence-electron chi connectivity index (χ3n) is 3.52. The Bertz CT molecular complexity index is 670. The molecule has 1 aliphatic heterocycles. The Kier molecular flexibility index (Phi) is 5.40. The van der Waals surface area contributed by atoms with Gasteiger partial charge in [-0.05, 0) is 39.7 Å². The molecule has 1 aliphatic rings. The van der Waals surface area contributed by atoms with Gasteiger partial charge in [-0.15, -0.1) is 17.8 Å². The number of thiophene rings is 1. The molecule has 24 heavy (non-hydrogen) atoms. The minimum Gasteiger partial charge on any atom is -0.444 e. The van der Waals surface area contributed by atoms with Crippen molar-refractivity contribution in [2.24, 2.45) is 0 Å². The lowest BCUT2D eigenvalue weighted by molar-refractivity contribution is 0.0186. The van der Waals surface area contributed by atoms with Gasteiger partial charge in [0, 0.05) is 19.1 Å². The normalized spacial score (nSPS) is 17.9. The molecule has 2 rings (SSSR count). The Morgan fingerprint density at radius 3 is 2.79 bits per heavy atom. The first-order valence-corrected chi connectivity index (χ1v) is 8.66. The molecule has 0 aromatic carbocycles. The molecule has 130 valence electrons. The van der Waals surface area contributed by atoms with E-state index in [4.69, 9.17) is 16.9 Å². The van der Waals surface area contributed by atoms with Gasteiger partial charge in [0.05, 0.1) is 10.6 Å². The van der Waals surface area contributed by atoms with Gasteiger partial charge in [0.2, 0.25) is 0 Å². The van der Waals surface area contributed by atoms with Crippen molar-refractivity contribution in [1.29, 1.82) is 0 Å². The van der Waals surface area contributed by atoms with Crippen molar-refractivity contribution in [3.63, 3.8) is 0 Å². The van der Waals surface area contributed by atoms with E-state index in [2.05, 4.69) is 11.2 Å². The lowest BCUT2D eigenvalue weighted by atomic mass is 10.1. The number of likely N-dealkylation sites (tertiary alicyclic amines) is 1. The molecule has 2 heterocycles. The van der Waals surface area contributed by atoms with Crippen LogP contribution in [0.25, 0.3) is 0 Å². The zero-order valence-electron chi connectivity index (χ0n) is 14.2. The van der Waals surface area contributed by atoms with Gasteiger partial charge in [-0.3, -0.25) is 4.79 Å². The zero-order chi connectivity index (χ0) is 17.9. The molecule has 3 N–H and O–H groups in total. The van der Waals surface area contributed by atoms with E-state index in [0.717, 1.165) is 12.8 Å². The summed E-state index contributed by atoms with van der Waals surface area (Å²) in [5.41, 5.74) is 5.68. The van der Waals surface area contributed by atoms with Crippen molar-refractivity contribution in [1.82, 2.24) is 10.2 Å². The standard InChI is InChI=1S/C17H23N3O3S/c1-5-12-9-13(18)14(24-12)15(21)19-11-7-6-8-20(10-11)16(22)23-17(2,3)4/h1,9,11H,6-8,10,18H2,2-4H3,(H,19,21)/t11-/m0/s1. The average Bonchev–Trinajstić information content (AvgIpc) is 2.87. The molecule has 1 aromatic rings. The van der Waals surface area contributed by atoms with E-state index in [9.17, 15) is 9.59 Å². The van der Waals surface area contributed by atoms with Crippen LogP contribution in [0.3, 0.4) is 0 Å². The molecule has 0 saturated carbocycles. The van der Waals surface area contributed by atoms with E-state index in [-0.39, 0.29) is 18.0 Å². The van der Waals surface area contributed by atoms with Crippen molar-refractivity contribution < 1.29 is 14.3 Å². The van der Waals surface area contributed by atoms with Crippen molar-refractivity contribution in [2.45, 2.75) is 45.3 Å². The lowest BCUT2D eigenvalue weighted by Crippen LogP contribution is -2.50. The van der Waals surface area contributed by atoms with Gasteiger partial charge in [0.25, 0.3) is 5.91 Å². The molecule has 0 unspecified atom stereocenters. The molecule has 1 fully saturated rings. The summed E-state index contributed by atoms with van der Waals surface area (Å²) in [7, 11) is 0. The minimum atomic E-state index is -0.537. The van der Waals surface area contributed by atoms with Crippen molar-refractivity contribution in [2.75, 3.05) is 18.8 Å². The van der Waals surface area contributed by atoms with Crippen LogP contribution in [0, 0.1) is 12.3 Å². The van der Waals surface area contributed by atoms with Crippen molar-refractivity contribution >= 4 is 29.0 Å². The van der Waals surface area contributed by atoms with E-state index in [1.165, 1.54) is 11.3 Å². The van der Waals surface area contributed by atoms with Crippen molar-refractivity contribution in [3.05, 3.63) is 15.8 Å². The Balaban J connectivity index is 1.97. The predicted octanol–water partition coefficient (Wildman–Crippen LogP) is 2.44. The fraction of sp³-hybridized carbons (Fsp3) is 0.529. The smallest absolute Gasteiger partial charge is 0.410 e. The maximum Gasteiger partial charge on any atom is 0.410 e. The van der Waals surface area contributed by atoms with Gasteiger partial charge in [-0.2, -0.15) is 0 Å². The monoisotopic (exact) mass is 349 g/mol.